The van der Waals surface area contributed by atoms with Gasteiger partial charge >= 0.3 is 0 Å². The number of benzene rings is 2. The Hall–Kier alpha value is -2.20. The van der Waals surface area contributed by atoms with Gasteiger partial charge in [0.2, 0.25) is 5.91 Å². The molecule has 0 aromatic heterocycles. The Labute approximate surface area is 122 Å². The molecule has 3 rings (SSSR count). The molecule has 2 N–H and O–H groups in total. The summed E-state index contributed by atoms with van der Waals surface area (Å²) >= 11 is 0. The molecule has 21 heavy (non-hydrogen) atoms. The lowest BCUT2D eigenvalue weighted by Gasteiger charge is -2.24. The molecule has 108 valence electrons. The Balaban J connectivity index is 2.12. The van der Waals surface area contributed by atoms with Crippen molar-refractivity contribution in [1.29, 1.82) is 0 Å². The smallest absolute Gasteiger partial charge is 0.224 e. The molecule has 0 spiro atoms. The third-order valence-electron chi connectivity index (χ3n) is 3.78. The molecule has 0 bridgehead atoms. The summed E-state index contributed by atoms with van der Waals surface area (Å²) in [7, 11) is 0. The number of amides is 1. The Morgan fingerprint density at radius 2 is 1.95 bits per heavy atom. The lowest BCUT2D eigenvalue weighted by molar-refractivity contribution is -0.116. The fraction of sp³-hybridized carbons (Fsp3) is 0.235. The number of halogens is 1. The molecule has 0 aliphatic carbocycles. The zero-order valence-electron chi connectivity index (χ0n) is 11.7. The standard InChI is InChI=1S/C17H16FNO2/c1-10-8-11-6-7-15(20)19-16(11)13(9-10)17(21)12-4-2-3-5-14(12)18/h2-5,8-9,17,21H,6-7H2,1H3,(H,19,20). The largest absolute Gasteiger partial charge is 0.383 e. The molecule has 1 aliphatic heterocycles. The fourth-order valence-corrected chi connectivity index (χ4v) is 2.77. The number of aliphatic hydroxyl groups is 1. The van der Waals surface area contributed by atoms with Crippen LogP contribution in [0.4, 0.5) is 10.1 Å². The minimum Gasteiger partial charge on any atom is -0.383 e. The first-order chi connectivity index (χ1) is 10.1. The third-order valence-corrected chi connectivity index (χ3v) is 3.78. The number of hydrogen-bond donors (Lipinski definition) is 2. The van der Waals surface area contributed by atoms with Gasteiger partial charge in [0.05, 0.1) is 5.69 Å². The van der Waals surface area contributed by atoms with Gasteiger partial charge < -0.3 is 10.4 Å². The summed E-state index contributed by atoms with van der Waals surface area (Å²) in [5.41, 5.74) is 3.34. The number of fused-ring (bicyclic) bond motifs is 1. The normalized spacial score (nSPS) is 15.3. The second kappa shape index (κ2) is 5.30. The lowest BCUT2D eigenvalue weighted by Crippen LogP contribution is -2.21. The summed E-state index contributed by atoms with van der Waals surface area (Å²) in [6, 6.07) is 9.92. The topological polar surface area (TPSA) is 49.3 Å². The van der Waals surface area contributed by atoms with Crippen LogP contribution >= 0.6 is 0 Å². The molecule has 1 unspecified atom stereocenters. The van der Waals surface area contributed by atoms with E-state index in [1.807, 2.05) is 13.0 Å². The number of anilines is 1. The van der Waals surface area contributed by atoms with E-state index in [-0.39, 0.29) is 11.5 Å². The van der Waals surface area contributed by atoms with E-state index in [1.165, 1.54) is 6.07 Å². The van der Waals surface area contributed by atoms with E-state index in [9.17, 15) is 14.3 Å². The molecule has 1 atom stereocenters. The van der Waals surface area contributed by atoms with Crippen molar-refractivity contribution in [3.8, 4) is 0 Å². The molecule has 2 aromatic carbocycles. The van der Waals surface area contributed by atoms with Gasteiger partial charge in [0, 0.05) is 17.5 Å². The first-order valence-electron chi connectivity index (χ1n) is 6.92. The van der Waals surface area contributed by atoms with E-state index in [2.05, 4.69) is 5.32 Å². The first kappa shape index (κ1) is 13.8. The predicted molar refractivity (Wildman–Crippen MR) is 78.6 cm³/mol. The average Bonchev–Trinajstić information content (AvgIpc) is 2.47. The highest BCUT2D eigenvalue weighted by Crippen LogP contribution is 2.35. The zero-order valence-corrected chi connectivity index (χ0v) is 11.7. The second-order valence-electron chi connectivity index (χ2n) is 5.36. The monoisotopic (exact) mass is 285 g/mol. The average molecular weight is 285 g/mol. The van der Waals surface area contributed by atoms with E-state index in [0.717, 1.165) is 11.1 Å². The molecule has 3 nitrogen and oxygen atoms in total. The van der Waals surface area contributed by atoms with Crippen molar-refractivity contribution < 1.29 is 14.3 Å². The molecular weight excluding hydrogens is 269 g/mol. The maximum atomic E-state index is 13.9. The van der Waals surface area contributed by atoms with Gasteiger partial charge in [-0.3, -0.25) is 4.79 Å². The van der Waals surface area contributed by atoms with Crippen LogP contribution in [0.5, 0.6) is 0 Å². The van der Waals surface area contributed by atoms with Crippen LogP contribution in [0.3, 0.4) is 0 Å². The van der Waals surface area contributed by atoms with Gasteiger partial charge in [-0.25, -0.2) is 4.39 Å². The molecule has 0 radical (unpaired) electrons. The molecule has 4 heteroatoms. The van der Waals surface area contributed by atoms with E-state index in [4.69, 9.17) is 0 Å². The zero-order chi connectivity index (χ0) is 15.0. The summed E-state index contributed by atoms with van der Waals surface area (Å²) < 4.78 is 13.9. The minimum atomic E-state index is -1.10. The van der Waals surface area contributed by atoms with Gasteiger partial charge in [-0.05, 0) is 25.0 Å². The first-order valence-corrected chi connectivity index (χ1v) is 6.92. The molecule has 1 heterocycles. The van der Waals surface area contributed by atoms with Crippen LogP contribution < -0.4 is 5.32 Å². The van der Waals surface area contributed by atoms with Crippen molar-refractivity contribution in [3.63, 3.8) is 0 Å². The van der Waals surface area contributed by atoms with Crippen LogP contribution in [0.15, 0.2) is 36.4 Å². The van der Waals surface area contributed by atoms with E-state index < -0.39 is 11.9 Å². The molecule has 0 fully saturated rings. The van der Waals surface area contributed by atoms with E-state index >= 15 is 0 Å². The van der Waals surface area contributed by atoms with Crippen LogP contribution in [0, 0.1) is 12.7 Å². The van der Waals surface area contributed by atoms with Crippen molar-refractivity contribution in [3.05, 3.63) is 64.5 Å². The quantitative estimate of drug-likeness (QED) is 0.890. The summed E-state index contributed by atoms with van der Waals surface area (Å²) in [4.78, 5) is 11.6. The van der Waals surface area contributed by atoms with Crippen LogP contribution in [-0.4, -0.2) is 11.0 Å². The number of aryl methyl sites for hydroxylation is 2. The minimum absolute atomic E-state index is 0.0756. The van der Waals surface area contributed by atoms with Gasteiger partial charge in [-0.1, -0.05) is 35.9 Å². The number of carbonyl (C=O) groups is 1. The number of carbonyl (C=O) groups excluding carboxylic acids is 1. The maximum absolute atomic E-state index is 13.9. The van der Waals surface area contributed by atoms with Crippen molar-refractivity contribution in [2.45, 2.75) is 25.9 Å². The number of aliphatic hydroxyl groups excluding tert-OH is 1. The van der Waals surface area contributed by atoms with Gasteiger partial charge in [-0.2, -0.15) is 0 Å². The van der Waals surface area contributed by atoms with Crippen molar-refractivity contribution in [2.24, 2.45) is 0 Å². The summed E-state index contributed by atoms with van der Waals surface area (Å²) in [6.45, 7) is 1.92. The highest BCUT2D eigenvalue weighted by atomic mass is 19.1. The van der Waals surface area contributed by atoms with Crippen molar-refractivity contribution >= 4 is 11.6 Å². The molecular formula is C17H16FNO2. The summed E-state index contributed by atoms with van der Waals surface area (Å²) in [6.07, 6.45) is -0.0239. The Morgan fingerprint density at radius 1 is 1.19 bits per heavy atom. The highest BCUT2D eigenvalue weighted by molar-refractivity contribution is 5.95. The van der Waals surface area contributed by atoms with Crippen molar-refractivity contribution in [1.82, 2.24) is 0 Å². The van der Waals surface area contributed by atoms with Crippen molar-refractivity contribution in [2.75, 3.05) is 5.32 Å². The number of rotatable bonds is 2. The summed E-state index contributed by atoms with van der Waals surface area (Å²) in [5.74, 6) is -0.532. The van der Waals surface area contributed by atoms with Gasteiger partial charge in [0.15, 0.2) is 0 Å². The van der Waals surface area contributed by atoms with Crippen LogP contribution in [0.2, 0.25) is 0 Å². The number of hydrogen-bond acceptors (Lipinski definition) is 2. The molecule has 0 saturated heterocycles. The van der Waals surface area contributed by atoms with Crippen LogP contribution in [-0.2, 0) is 11.2 Å². The SMILES string of the molecule is Cc1cc2c(c(C(O)c3ccccc3F)c1)NC(=O)CC2. The summed E-state index contributed by atoms with van der Waals surface area (Å²) in [5, 5.41) is 13.4. The highest BCUT2D eigenvalue weighted by Gasteiger charge is 2.24. The van der Waals surface area contributed by atoms with Gasteiger partial charge in [-0.15, -0.1) is 0 Å². The molecule has 0 saturated carbocycles. The van der Waals surface area contributed by atoms with E-state index in [1.54, 1.807) is 24.3 Å². The predicted octanol–water partition coefficient (Wildman–Crippen LogP) is 3.10. The van der Waals surface area contributed by atoms with Gasteiger partial charge in [0.25, 0.3) is 0 Å². The third kappa shape index (κ3) is 2.54. The Kier molecular flexibility index (Phi) is 3.47. The fourth-order valence-electron chi connectivity index (χ4n) is 2.77. The van der Waals surface area contributed by atoms with Gasteiger partial charge in [0.1, 0.15) is 11.9 Å². The Bertz CT molecular complexity index is 712. The van der Waals surface area contributed by atoms with Crippen LogP contribution in [0.1, 0.15) is 34.8 Å². The lowest BCUT2D eigenvalue weighted by atomic mass is 9.91. The number of nitrogens with one attached hydrogen (secondary N) is 1. The van der Waals surface area contributed by atoms with Crippen LogP contribution in [0.25, 0.3) is 0 Å². The van der Waals surface area contributed by atoms with E-state index in [0.29, 0.717) is 24.1 Å². The molecule has 2 aromatic rings. The molecule has 1 amide bonds. The molecule has 1 aliphatic rings. The maximum Gasteiger partial charge on any atom is 0.224 e. The second-order valence-corrected chi connectivity index (χ2v) is 5.36. The Morgan fingerprint density at radius 3 is 2.71 bits per heavy atom.